The van der Waals surface area contributed by atoms with E-state index in [0.717, 1.165) is 27.7 Å². The fourth-order valence-electron chi connectivity index (χ4n) is 3.81. The zero-order valence-corrected chi connectivity index (χ0v) is 18.1. The molecule has 0 unspecified atom stereocenters. The molecule has 0 radical (unpaired) electrons. The molecule has 2 aromatic carbocycles. The molecule has 0 heterocycles. The van der Waals surface area contributed by atoms with Crippen LogP contribution in [0.2, 0.25) is 0 Å². The molecule has 0 saturated heterocycles. The molecule has 0 bridgehead atoms. The minimum absolute atomic E-state index is 0.675. The maximum Gasteiger partial charge on any atom is 0.309 e. The monoisotopic (exact) mass is 495 g/mol. The van der Waals surface area contributed by atoms with Gasteiger partial charge in [0.2, 0.25) is 0 Å². The summed E-state index contributed by atoms with van der Waals surface area (Å²) >= 11 is 0. The maximum absolute atomic E-state index is 11.8. The van der Waals surface area contributed by atoms with Crippen molar-refractivity contribution in [1.82, 2.24) is 0 Å². The number of anilines is 2. The average Bonchev–Trinajstić information content (AvgIpc) is 2.65. The minimum Gasteiger partial charge on any atom is -0.333 e. The Balaban J connectivity index is 3.22. The van der Waals surface area contributed by atoms with Gasteiger partial charge in [-0.1, -0.05) is 0 Å². The first-order chi connectivity index (χ1) is 16.1. The molecule has 2 rings (SSSR count). The quantitative estimate of drug-likeness (QED) is 0.399. The van der Waals surface area contributed by atoms with E-state index in [1.807, 2.05) is 5.32 Å². The van der Waals surface area contributed by atoms with Gasteiger partial charge in [-0.15, -0.1) is 0 Å². The Bertz CT molecular complexity index is 1200. The zero-order chi connectivity index (χ0) is 27.1. The normalized spacial score (nSPS) is 10.5. The van der Waals surface area contributed by atoms with Crippen molar-refractivity contribution in [2.75, 3.05) is 5.32 Å². The molecule has 1 N–H and O–H groups in total. The predicted molar refractivity (Wildman–Crippen MR) is 115 cm³/mol. The fraction of sp³-hybridized carbons (Fsp3) is 0.250. The summed E-state index contributed by atoms with van der Waals surface area (Å²) in [6, 6.07) is 0. The Hall–Kier alpha value is -5.36. The Morgan fingerprint density at radius 2 is 0.571 bits per heavy atom. The molecule has 0 saturated carbocycles. The number of hydrogen-bond donors (Lipinski definition) is 1. The lowest BCUT2D eigenvalue weighted by Crippen LogP contribution is -2.12. The van der Waals surface area contributed by atoms with Crippen molar-refractivity contribution in [1.29, 1.82) is 0 Å². The van der Waals surface area contributed by atoms with Gasteiger partial charge < -0.3 is 5.32 Å². The molecule has 0 atom stereocenters. The lowest BCUT2D eigenvalue weighted by molar-refractivity contribution is -0.403. The minimum atomic E-state index is -1.24. The van der Waals surface area contributed by atoms with Gasteiger partial charge in [-0.05, 0) is 27.7 Å². The summed E-state index contributed by atoms with van der Waals surface area (Å²) in [5.74, 6) is 0. The van der Waals surface area contributed by atoms with E-state index < -0.39 is 97.3 Å². The molecular weight excluding hydrogens is 482 g/mol. The third-order valence-corrected chi connectivity index (χ3v) is 5.13. The molecule has 0 aliphatic rings. The van der Waals surface area contributed by atoms with Gasteiger partial charge in [-0.25, -0.2) is 0 Å². The van der Waals surface area contributed by atoms with Gasteiger partial charge in [0, 0.05) is 0 Å². The van der Waals surface area contributed by atoms with Crippen LogP contribution in [0.5, 0.6) is 0 Å². The van der Waals surface area contributed by atoms with Crippen LogP contribution in [-0.2, 0) is 0 Å². The van der Waals surface area contributed by atoms with E-state index in [2.05, 4.69) is 0 Å². The summed E-state index contributed by atoms with van der Waals surface area (Å²) in [6.45, 7) is 3.58. The molecule has 2 aromatic rings. The lowest BCUT2D eigenvalue weighted by atomic mass is 9.99. The van der Waals surface area contributed by atoms with E-state index in [1.54, 1.807) is 0 Å². The van der Waals surface area contributed by atoms with E-state index in [0.29, 0.717) is 0 Å². The standard InChI is InChI=1S/C16H13N7O12/c1-5-11(18(24)25)6(2)14(21(30)31)9(13(5)20(28)29)17-10-15(22(32)33)7(3)12(19(26)27)8(4)16(10)23(34)35/h17H,1-4H3. The van der Waals surface area contributed by atoms with Crippen LogP contribution in [0.15, 0.2) is 0 Å². The zero-order valence-electron chi connectivity index (χ0n) is 18.1. The summed E-state index contributed by atoms with van der Waals surface area (Å²) in [7, 11) is 0. The highest BCUT2D eigenvalue weighted by atomic mass is 16.6. The molecule has 184 valence electrons. The molecule has 0 aliphatic carbocycles. The topological polar surface area (TPSA) is 271 Å². The Morgan fingerprint density at radius 3 is 0.714 bits per heavy atom. The summed E-state index contributed by atoms with van der Waals surface area (Å²) in [4.78, 5) is 62.8. The van der Waals surface area contributed by atoms with Crippen LogP contribution >= 0.6 is 0 Å². The van der Waals surface area contributed by atoms with E-state index in [-0.39, 0.29) is 0 Å². The van der Waals surface area contributed by atoms with E-state index in [9.17, 15) is 60.7 Å². The third-order valence-electron chi connectivity index (χ3n) is 5.13. The molecule has 19 heteroatoms. The molecule has 19 nitrogen and oxygen atoms in total. The van der Waals surface area contributed by atoms with Crippen molar-refractivity contribution < 1.29 is 29.5 Å². The van der Waals surface area contributed by atoms with Gasteiger partial charge in [0.1, 0.15) is 22.3 Å². The number of benzene rings is 2. The molecule has 0 amide bonds. The van der Waals surface area contributed by atoms with Gasteiger partial charge >= 0.3 is 22.7 Å². The second-order valence-corrected chi connectivity index (χ2v) is 7.01. The SMILES string of the molecule is Cc1c([N+](=O)[O-])c(C)c([N+](=O)[O-])c(Nc2c([N+](=O)[O-])c(C)c([N+](=O)[O-])c(C)c2[N+](=O)[O-])c1[N+](=O)[O-]. The Kier molecular flexibility index (Phi) is 6.57. The van der Waals surface area contributed by atoms with Crippen molar-refractivity contribution in [2.24, 2.45) is 0 Å². The van der Waals surface area contributed by atoms with E-state index >= 15 is 0 Å². The van der Waals surface area contributed by atoms with E-state index in [4.69, 9.17) is 0 Å². The third kappa shape index (κ3) is 4.07. The summed E-state index contributed by atoms with van der Waals surface area (Å²) in [5, 5.41) is 71.9. The second kappa shape index (κ2) is 8.88. The van der Waals surface area contributed by atoms with Crippen molar-refractivity contribution >= 4 is 45.5 Å². The first-order valence-corrected chi connectivity index (χ1v) is 9.03. The summed E-state index contributed by atoms with van der Waals surface area (Å²) in [6.07, 6.45) is 0. The highest BCUT2D eigenvalue weighted by molar-refractivity contribution is 5.93. The Morgan fingerprint density at radius 1 is 0.400 bits per heavy atom. The van der Waals surface area contributed by atoms with Gasteiger partial charge in [0.25, 0.3) is 11.4 Å². The number of rotatable bonds is 8. The maximum atomic E-state index is 11.8. The molecule has 0 aromatic heterocycles. The number of hydrogen-bond acceptors (Lipinski definition) is 13. The van der Waals surface area contributed by atoms with Crippen LogP contribution in [0.3, 0.4) is 0 Å². The molecule has 0 aliphatic heterocycles. The number of nitrogens with one attached hydrogen (secondary N) is 1. The smallest absolute Gasteiger partial charge is 0.309 e. The first-order valence-electron chi connectivity index (χ1n) is 9.03. The lowest BCUT2D eigenvalue weighted by Gasteiger charge is -2.14. The molecule has 35 heavy (non-hydrogen) atoms. The molecule has 0 spiro atoms. The van der Waals surface area contributed by atoms with Gasteiger partial charge in [-0.2, -0.15) is 0 Å². The number of nitro benzene ring substituents is 6. The van der Waals surface area contributed by atoms with Crippen LogP contribution < -0.4 is 5.32 Å². The largest absolute Gasteiger partial charge is 0.333 e. The van der Waals surface area contributed by atoms with Gasteiger partial charge in [0.15, 0.2) is 11.4 Å². The van der Waals surface area contributed by atoms with Crippen LogP contribution in [-0.4, -0.2) is 29.5 Å². The Labute approximate surface area is 191 Å². The van der Waals surface area contributed by atoms with Crippen LogP contribution in [0.4, 0.5) is 45.5 Å². The summed E-state index contributed by atoms with van der Waals surface area (Å²) < 4.78 is 0. The molecular formula is C16H13N7O12. The van der Waals surface area contributed by atoms with Crippen LogP contribution in [0.1, 0.15) is 22.3 Å². The van der Waals surface area contributed by atoms with Gasteiger partial charge in [-0.3, -0.25) is 60.7 Å². The number of nitrogens with zero attached hydrogens (tertiary/aromatic N) is 6. The van der Waals surface area contributed by atoms with Gasteiger partial charge in [0.05, 0.1) is 29.5 Å². The van der Waals surface area contributed by atoms with Crippen LogP contribution in [0, 0.1) is 88.4 Å². The van der Waals surface area contributed by atoms with Crippen molar-refractivity contribution in [2.45, 2.75) is 27.7 Å². The number of nitro groups is 6. The second-order valence-electron chi connectivity index (χ2n) is 7.01. The highest BCUT2D eigenvalue weighted by Crippen LogP contribution is 2.51. The summed E-state index contributed by atoms with van der Waals surface area (Å²) in [5.41, 5.74) is -11.9. The predicted octanol–water partition coefficient (Wildman–Crippen LogP) is 4.11. The van der Waals surface area contributed by atoms with E-state index in [1.165, 1.54) is 0 Å². The average molecular weight is 495 g/mol. The molecule has 0 fully saturated rings. The van der Waals surface area contributed by atoms with Crippen molar-refractivity contribution in [3.63, 3.8) is 0 Å². The van der Waals surface area contributed by atoms with Crippen LogP contribution in [0.25, 0.3) is 0 Å². The van der Waals surface area contributed by atoms with Crippen molar-refractivity contribution in [3.8, 4) is 0 Å². The highest BCUT2D eigenvalue weighted by Gasteiger charge is 2.43. The fourth-order valence-corrected chi connectivity index (χ4v) is 3.81. The van der Waals surface area contributed by atoms with Crippen molar-refractivity contribution in [3.05, 3.63) is 82.9 Å². The first kappa shape index (κ1) is 25.9.